The van der Waals surface area contributed by atoms with Crippen molar-refractivity contribution in [2.45, 2.75) is 4.34 Å². The number of carbonyl (C=O) groups excluding carboxylic acids is 2. The number of likely N-dealkylation sites (N-methyl/N-ethyl adjacent to an activating group) is 1. The van der Waals surface area contributed by atoms with Gasteiger partial charge in [-0.05, 0) is 12.1 Å². The molecule has 0 atom stereocenters. The van der Waals surface area contributed by atoms with Crippen molar-refractivity contribution in [3.63, 3.8) is 0 Å². The number of aromatic nitrogens is 2. The summed E-state index contributed by atoms with van der Waals surface area (Å²) in [4.78, 5) is 24.5. The third kappa shape index (κ3) is 5.66. The number of nitrogens with one attached hydrogen (secondary N) is 2. The van der Waals surface area contributed by atoms with Gasteiger partial charge in [0.2, 0.25) is 16.9 Å². The van der Waals surface area contributed by atoms with Crippen molar-refractivity contribution in [3.8, 4) is 0 Å². The molecule has 0 saturated carbocycles. The predicted molar refractivity (Wildman–Crippen MR) is 97.1 cm³/mol. The molecule has 0 unspecified atom stereocenters. The molecule has 10 heteroatoms. The average molecular weight is 386 g/mol. The molecule has 1 aromatic heterocycles. The van der Waals surface area contributed by atoms with Crippen LogP contribution >= 0.6 is 34.7 Å². The highest BCUT2D eigenvalue weighted by molar-refractivity contribution is 8.01. The maximum atomic E-state index is 11.7. The van der Waals surface area contributed by atoms with Gasteiger partial charge in [0.1, 0.15) is 0 Å². The van der Waals surface area contributed by atoms with E-state index in [9.17, 15) is 9.59 Å². The Balaban J connectivity index is 1.80. The maximum absolute atomic E-state index is 11.7. The molecule has 0 radical (unpaired) electrons. The minimum absolute atomic E-state index is 0.0121. The van der Waals surface area contributed by atoms with E-state index in [1.807, 2.05) is 18.2 Å². The van der Waals surface area contributed by atoms with E-state index >= 15 is 0 Å². The first kappa shape index (κ1) is 18.5. The van der Waals surface area contributed by atoms with Crippen LogP contribution in [0.15, 0.2) is 28.6 Å². The fourth-order valence-electron chi connectivity index (χ4n) is 1.51. The lowest BCUT2D eigenvalue weighted by molar-refractivity contribution is -0.130. The SMILES string of the molecule is CN(C)C(=O)CNC(=O)CSc1nnc(Nc2ccccc2Cl)s1. The molecule has 0 aliphatic carbocycles. The average Bonchev–Trinajstić information content (AvgIpc) is 3.00. The van der Waals surface area contributed by atoms with Gasteiger partial charge in [0.15, 0.2) is 4.34 Å². The molecule has 2 N–H and O–H groups in total. The number of nitrogens with zero attached hydrogens (tertiary/aromatic N) is 3. The van der Waals surface area contributed by atoms with Gasteiger partial charge in [0.05, 0.1) is 23.0 Å². The molecule has 1 aromatic carbocycles. The molecular weight excluding hydrogens is 370 g/mol. The Labute approximate surface area is 152 Å². The van der Waals surface area contributed by atoms with E-state index in [1.54, 1.807) is 20.2 Å². The van der Waals surface area contributed by atoms with E-state index in [0.717, 1.165) is 5.69 Å². The first-order chi connectivity index (χ1) is 11.5. The summed E-state index contributed by atoms with van der Waals surface area (Å²) < 4.78 is 0.652. The Hall–Kier alpha value is -1.84. The van der Waals surface area contributed by atoms with Gasteiger partial charge in [-0.15, -0.1) is 10.2 Å². The van der Waals surface area contributed by atoms with Crippen LogP contribution in [0.3, 0.4) is 0 Å². The fraction of sp³-hybridized carbons (Fsp3) is 0.286. The number of para-hydroxylation sites is 1. The van der Waals surface area contributed by atoms with E-state index in [0.29, 0.717) is 14.5 Å². The summed E-state index contributed by atoms with van der Waals surface area (Å²) in [5.74, 6) is -0.219. The van der Waals surface area contributed by atoms with E-state index in [-0.39, 0.29) is 24.1 Å². The van der Waals surface area contributed by atoms with Gasteiger partial charge >= 0.3 is 0 Å². The van der Waals surface area contributed by atoms with Crippen LogP contribution in [0.1, 0.15) is 0 Å². The zero-order chi connectivity index (χ0) is 17.5. The second-order valence-electron chi connectivity index (χ2n) is 4.83. The van der Waals surface area contributed by atoms with Gasteiger partial charge in [0, 0.05) is 14.1 Å². The van der Waals surface area contributed by atoms with Gasteiger partial charge in [-0.3, -0.25) is 9.59 Å². The molecule has 2 rings (SSSR count). The van der Waals surface area contributed by atoms with Crippen molar-refractivity contribution in [2.75, 3.05) is 31.7 Å². The van der Waals surface area contributed by atoms with E-state index < -0.39 is 0 Å². The van der Waals surface area contributed by atoms with Crippen LogP contribution in [0.25, 0.3) is 0 Å². The van der Waals surface area contributed by atoms with Crippen LogP contribution in [-0.4, -0.2) is 53.3 Å². The normalized spacial score (nSPS) is 10.3. The molecule has 7 nitrogen and oxygen atoms in total. The molecule has 2 amide bonds. The molecule has 0 aliphatic heterocycles. The van der Waals surface area contributed by atoms with Gasteiger partial charge in [-0.25, -0.2) is 0 Å². The maximum Gasteiger partial charge on any atom is 0.241 e. The Bertz CT molecular complexity index is 723. The lowest BCUT2D eigenvalue weighted by Crippen LogP contribution is -2.36. The second-order valence-corrected chi connectivity index (χ2v) is 7.44. The minimum atomic E-state index is -0.231. The van der Waals surface area contributed by atoms with Crippen molar-refractivity contribution < 1.29 is 9.59 Å². The standard InChI is InChI=1S/C14H16ClN5O2S2/c1-20(2)12(22)7-16-11(21)8-23-14-19-18-13(24-14)17-10-6-4-3-5-9(10)15/h3-6H,7-8H2,1-2H3,(H,16,21)(H,17,18). The van der Waals surface area contributed by atoms with Gasteiger partial charge in [0.25, 0.3) is 0 Å². The molecule has 0 bridgehead atoms. The van der Waals surface area contributed by atoms with E-state index in [2.05, 4.69) is 20.8 Å². The van der Waals surface area contributed by atoms with Crippen LogP contribution in [-0.2, 0) is 9.59 Å². The zero-order valence-electron chi connectivity index (χ0n) is 13.1. The monoisotopic (exact) mass is 385 g/mol. The van der Waals surface area contributed by atoms with Crippen molar-refractivity contribution in [2.24, 2.45) is 0 Å². The number of amides is 2. The van der Waals surface area contributed by atoms with Crippen molar-refractivity contribution >= 4 is 57.3 Å². The number of rotatable bonds is 7. The molecule has 1 heterocycles. The minimum Gasteiger partial charge on any atom is -0.347 e. The van der Waals surface area contributed by atoms with Crippen molar-refractivity contribution in [3.05, 3.63) is 29.3 Å². The van der Waals surface area contributed by atoms with Crippen molar-refractivity contribution in [1.29, 1.82) is 0 Å². The smallest absolute Gasteiger partial charge is 0.241 e. The molecular formula is C14H16ClN5O2S2. The lowest BCUT2D eigenvalue weighted by atomic mass is 10.3. The number of hydrogen-bond donors (Lipinski definition) is 2. The first-order valence-corrected chi connectivity index (χ1v) is 9.08. The number of anilines is 2. The van der Waals surface area contributed by atoms with Crippen LogP contribution in [0, 0.1) is 0 Å². The summed E-state index contributed by atoms with van der Waals surface area (Å²) in [6, 6.07) is 7.32. The van der Waals surface area contributed by atoms with Crippen LogP contribution < -0.4 is 10.6 Å². The molecule has 24 heavy (non-hydrogen) atoms. The summed E-state index contributed by atoms with van der Waals surface area (Å²) in [5.41, 5.74) is 0.742. The number of halogens is 1. The Kier molecular flexibility index (Phi) is 6.83. The highest BCUT2D eigenvalue weighted by Crippen LogP contribution is 2.30. The Morgan fingerprint density at radius 3 is 2.75 bits per heavy atom. The first-order valence-electron chi connectivity index (χ1n) is 6.90. The summed E-state index contributed by atoms with van der Waals surface area (Å²) in [5, 5.41) is 14.8. The third-order valence-electron chi connectivity index (χ3n) is 2.78. The molecule has 2 aromatic rings. The summed E-state index contributed by atoms with van der Waals surface area (Å²) >= 11 is 8.65. The molecule has 0 aliphatic rings. The molecule has 0 saturated heterocycles. The van der Waals surface area contributed by atoms with Crippen LogP contribution in [0.2, 0.25) is 5.02 Å². The number of carbonyl (C=O) groups is 2. The molecule has 0 spiro atoms. The lowest BCUT2D eigenvalue weighted by Gasteiger charge is -2.10. The third-order valence-corrected chi connectivity index (χ3v) is 5.09. The van der Waals surface area contributed by atoms with Gasteiger partial charge in [-0.2, -0.15) is 0 Å². The van der Waals surface area contributed by atoms with Crippen LogP contribution in [0.5, 0.6) is 0 Å². The van der Waals surface area contributed by atoms with Gasteiger partial charge in [-0.1, -0.05) is 46.8 Å². The Morgan fingerprint density at radius 1 is 1.29 bits per heavy atom. The topological polar surface area (TPSA) is 87.2 Å². The van der Waals surface area contributed by atoms with Crippen LogP contribution in [0.4, 0.5) is 10.8 Å². The van der Waals surface area contributed by atoms with Gasteiger partial charge < -0.3 is 15.5 Å². The summed E-state index contributed by atoms with van der Waals surface area (Å²) in [7, 11) is 3.27. The Morgan fingerprint density at radius 2 is 2.04 bits per heavy atom. The number of hydrogen-bond acceptors (Lipinski definition) is 7. The number of benzene rings is 1. The molecule has 0 fully saturated rings. The predicted octanol–water partition coefficient (Wildman–Crippen LogP) is 2.23. The largest absolute Gasteiger partial charge is 0.347 e. The summed E-state index contributed by atoms with van der Waals surface area (Å²) in [6.07, 6.45) is 0. The highest BCUT2D eigenvalue weighted by atomic mass is 35.5. The zero-order valence-corrected chi connectivity index (χ0v) is 15.5. The van der Waals surface area contributed by atoms with E-state index in [4.69, 9.17) is 11.6 Å². The van der Waals surface area contributed by atoms with Crippen molar-refractivity contribution in [1.82, 2.24) is 20.4 Å². The quantitative estimate of drug-likeness (QED) is 0.711. The highest BCUT2D eigenvalue weighted by Gasteiger charge is 2.11. The second kappa shape index (κ2) is 8.86. The number of thioether (sulfide) groups is 1. The molecule has 128 valence electrons. The fourth-order valence-corrected chi connectivity index (χ4v) is 3.28. The van der Waals surface area contributed by atoms with E-state index in [1.165, 1.54) is 28.0 Å². The summed E-state index contributed by atoms with van der Waals surface area (Å²) in [6.45, 7) is -0.0121.